The second kappa shape index (κ2) is 6.44. The lowest BCUT2D eigenvalue weighted by atomic mass is 9.93. The molecule has 1 aliphatic rings. The van der Waals surface area contributed by atoms with Crippen molar-refractivity contribution in [2.45, 2.75) is 41.0 Å². The van der Waals surface area contributed by atoms with Gasteiger partial charge in [0.2, 0.25) is 0 Å². The molecule has 1 aliphatic carbocycles. The summed E-state index contributed by atoms with van der Waals surface area (Å²) < 4.78 is 5.97. The molecule has 0 radical (unpaired) electrons. The third kappa shape index (κ3) is 4.40. The molecule has 0 amide bonds. The van der Waals surface area contributed by atoms with Crippen molar-refractivity contribution in [1.82, 2.24) is 0 Å². The molecule has 0 saturated heterocycles. The zero-order valence-electron chi connectivity index (χ0n) is 12.2. The summed E-state index contributed by atoms with van der Waals surface area (Å²) in [6, 6.07) is 0. The molecular formula is C17H24O. The lowest BCUT2D eigenvalue weighted by molar-refractivity contribution is 0.329. The topological polar surface area (TPSA) is 9.23 Å². The van der Waals surface area contributed by atoms with Crippen LogP contribution in [0.3, 0.4) is 0 Å². The predicted molar refractivity (Wildman–Crippen MR) is 79.0 cm³/mol. The van der Waals surface area contributed by atoms with Crippen molar-refractivity contribution in [3.8, 4) is 0 Å². The minimum absolute atomic E-state index is 0.0892. The Hall–Kier alpha value is -1.50. The van der Waals surface area contributed by atoms with Crippen LogP contribution in [-0.2, 0) is 4.74 Å². The van der Waals surface area contributed by atoms with Crippen molar-refractivity contribution in [3.05, 3.63) is 59.6 Å². The van der Waals surface area contributed by atoms with Gasteiger partial charge in [-0.3, -0.25) is 0 Å². The average Bonchev–Trinajstić information content (AvgIpc) is 2.49. The highest BCUT2D eigenvalue weighted by atomic mass is 16.5. The summed E-state index contributed by atoms with van der Waals surface area (Å²) in [6.45, 7) is 10.6. The van der Waals surface area contributed by atoms with Crippen LogP contribution in [0.4, 0.5) is 0 Å². The molecule has 0 unspecified atom stereocenters. The molecule has 0 fully saturated rings. The summed E-state index contributed by atoms with van der Waals surface area (Å²) in [5.74, 6) is 1.83. The fourth-order valence-electron chi connectivity index (χ4n) is 1.58. The molecule has 0 heterocycles. The van der Waals surface area contributed by atoms with Gasteiger partial charge in [0.25, 0.3) is 0 Å². The van der Waals surface area contributed by atoms with E-state index in [-0.39, 0.29) is 5.41 Å². The maximum atomic E-state index is 5.97. The van der Waals surface area contributed by atoms with Gasteiger partial charge in [-0.1, -0.05) is 45.1 Å². The van der Waals surface area contributed by atoms with E-state index >= 15 is 0 Å². The third-order valence-corrected chi connectivity index (χ3v) is 2.96. The molecule has 1 heteroatoms. The predicted octanol–water partition coefficient (Wildman–Crippen LogP) is 5.30. The first-order valence-corrected chi connectivity index (χ1v) is 6.57. The van der Waals surface area contributed by atoms with Crippen LogP contribution in [0.5, 0.6) is 0 Å². The van der Waals surface area contributed by atoms with Crippen molar-refractivity contribution >= 4 is 0 Å². The van der Waals surface area contributed by atoms with Gasteiger partial charge in [0.1, 0.15) is 11.5 Å². The third-order valence-electron chi connectivity index (χ3n) is 2.96. The maximum Gasteiger partial charge on any atom is 0.127 e. The first-order valence-electron chi connectivity index (χ1n) is 6.57. The quantitative estimate of drug-likeness (QED) is 0.481. The SMILES string of the molecule is C/C=C/C(OC1=CC=CC(C)(C)C=C1)=C(\C)CC. The number of hydrogen-bond acceptors (Lipinski definition) is 1. The van der Waals surface area contributed by atoms with Gasteiger partial charge in [-0.15, -0.1) is 0 Å². The second-order valence-electron chi connectivity index (χ2n) is 5.18. The van der Waals surface area contributed by atoms with Crippen LogP contribution < -0.4 is 0 Å². The zero-order chi connectivity index (χ0) is 13.6. The van der Waals surface area contributed by atoms with E-state index < -0.39 is 0 Å². The number of allylic oxidation sites excluding steroid dienone is 8. The lowest BCUT2D eigenvalue weighted by Gasteiger charge is -2.13. The van der Waals surface area contributed by atoms with Crippen molar-refractivity contribution in [3.63, 3.8) is 0 Å². The van der Waals surface area contributed by atoms with Crippen LogP contribution >= 0.6 is 0 Å². The number of hydrogen-bond donors (Lipinski definition) is 0. The second-order valence-corrected chi connectivity index (χ2v) is 5.18. The van der Waals surface area contributed by atoms with E-state index in [0.717, 1.165) is 17.9 Å². The van der Waals surface area contributed by atoms with Crippen LogP contribution in [0.2, 0.25) is 0 Å². The van der Waals surface area contributed by atoms with E-state index in [2.05, 4.69) is 45.9 Å². The molecule has 0 aromatic rings. The van der Waals surface area contributed by atoms with Gasteiger partial charge < -0.3 is 4.74 Å². The van der Waals surface area contributed by atoms with E-state index in [9.17, 15) is 0 Å². The molecular weight excluding hydrogens is 220 g/mol. The normalized spacial score (nSPS) is 19.5. The summed E-state index contributed by atoms with van der Waals surface area (Å²) in [4.78, 5) is 0. The Balaban J connectivity index is 2.91. The molecule has 0 N–H and O–H groups in total. The Morgan fingerprint density at radius 2 is 2.06 bits per heavy atom. The number of rotatable bonds is 4. The molecule has 1 rings (SSSR count). The summed E-state index contributed by atoms with van der Waals surface area (Å²) >= 11 is 0. The molecule has 0 saturated carbocycles. The summed E-state index contributed by atoms with van der Waals surface area (Å²) in [5.41, 5.74) is 1.35. The van der Waals surface area contributed by atoms with Gasteiger partial charge in [0, 0.05) is 5.41 Å². The summed E-state index contributed by atoms with van der Waals surface area (Å²) in [5, 5.41) is 0. The zero-order valence-corrected chi connectivity index (χ0v) is 12.2. The molecule has 0 aromatic carbocycles. The lowest BCUT2D eigenvalue weighted by Crippen LogP contribution is -2.00. The first kappa shape index (κ1) is 14.6. The Morgan fingerprint density at radius 3 is 2.67 bits per heavy atom. The highest BCUT2D eigenvalue weighted by Gasteiger charge is 2.11. The van der Waals surface area contributed by atoms with E-state index in [1.807, 2.05) is 31.2 Å². The van der Waals surface area contributed by atoms with Gasteiger partial charge in [-0.25, -0.2) is 0 Å². The Kier molecular flexibility index (Phi) is 5.21. The van der Waals surface area contributed by atoms with Gasteiger partial charge in [-0.05, 0) is 44.1 Å². The smallest absolute Gasteiger partial charge is 0.127 e. The van der Waals surface area contributed by atoms with Crippen molar-refractivity contribution in [2.24, 2.45) is 5.41 Å². The molecule has 0 bridgehead atoms. The van der Waals surface area contributed by atoms with Crippen LogP contribution in [0.25, 0.3) is 0 Å². The largest absolute Gasteiger partial charge is 0.457 e. The first-order chi connectivity index (χ1) is 8.48. The van der Waals surface area contributed by atoms with Crippen LogP contribution in [-0.4, -0.2) is 0 Å². The fourth-order valence-corrected chi connectivity index (χ4v) is 1.58. The van der Waals surface area contributed by atoms with E-state index in [4.69, 9.17) is 4.74 Å². The minimum atomic E-state index is 0.0892. The van der Waals surface area contributed by atoms with Gasteiger partial charge >= 0.3 is 0 Å². The molecule has 0 aromatic heterocycles. The van der Waals surface area contributed by atoms with E-state index in [1.165, 1.54) is 5.57 Å². The van der Waals surface area contributed by atoms with Gasteiger partial charge in [-0.2, -0.15) is 0 Å². The Morgan fingerprint density at radius 1 is 1.33 bits per heavy atom. The van der Waals surface area contributed by atoms with Gasteiger partial charge in [0.15, 0.2) is 0 Å². The van der Waals surface area contributed by atoms with E-state index in [1.54, 1.807) is 0 Å². The Labute approximate surface area is 111 Å². The monoisotopic (exact) mass is 244 g/mol. The van der Waals surface area contributed by atoms with Crippen molar-refractivity contribution < 1.29 is 4.74 Å². The fraction of sp³-hybridized carbons (Fsp3) is 0.412. The average molecular weight is 244 g/mol. The number of ether oxygens (including phenoxy) is 1. The molecule has 0 spiro atoms. The minimum Gasteiger partial charge on any atom is -0.457 e. The highest BCUT2D eigenvalue weighted by Crippen LogP contribution is 2.24. The van der Waals surface area contributed by atoms with Crippen LogP contribution in [0, 0.1) is 5.41 Å². The summed E-state index contributed by atoms with van der Waals surface area (Å²) in [6.07, 6.45) is 15.5. The maximum absolute atomic E-state index is 5.97. The van der Waals surface area contributed by atoms with Crippen LogP contribution in [0.1, 0.15) is 41.0 Å². The van der Waals surface area contributed by atoms with Crippen molar-refractivity contribution in [2.75, 3.05) is 0 Å². The molecule has 0 aliphatic heterocycles. The molecule has 0 atom stereocenters. The van der Waals surface area contributed by atoms with Crippen LogP contribution in [0.15, 0.2) is 59.6 Å². The van der Waals surface area contributed by atoms with Crippen molar-refractivity contribution in [1.29, 1.82) is 0 Å². The van der Waals surface area contributed by atoms with Gasteiger partial charge in [0.05, 0.1) is 0 Å². The highest BCUT2D eigenvalue weighted by molar-refractivity contribution is 5.30. The van der Waals surface area contributed by atoms with E-state index in [0.29, 0.717) is 0 Å². The molecule has 98 valence electrons. The standard InChI is InChI=1S/C17H24O/c1-6-9-16(14(3)7-2)18-15-10-8-12-17(4,5)13-11-15/h6,8-13H,7H2,1-5H3/b9-6+,16-14-. The molecule has 1 nitrogen and oxygen atoms in total. The summed E-state index contributed by atoms with van der Waals surface area (Å²) in [7, 11) is 0. The molecule has 18 heavy (non-hydrogen) atoms. The Bertz CT molecular complexity index is 429.